The number of amides is 1. The normalized spacial score (nSPS) is 9.80. The maximum Gasteiger partial charge on any atom is 0.227 e. The van der Waals surface area contributed by atoms with E-state index in [9.17, 15) is 9.59 Å². The number of ether oxygens (including phenoxy) is 5. The second-order valence-corrected chi connectivity index (χ2v) is 6.27. The Bertz CT molecular complexity index is 354. The molecule has 1 N–H and O–H groups in total. The van der Waals surface area contributed by atoms with Gasteiger partial charge in [0.15, 0.2) is 0 Å². The van der Waals surface area contributed by atoms with Crippen LogP contribution in [0.25, 0.3) is 0 Å². The maximum absolute atomic E-state index is 11.2. The van der Waals surface area contributed by atoms with Gasteiger partial charge >= 0.3 is 0 Å². The van der Waals surface area contributed by atoms with Crippen molar-refractivity contribution in [1.82, 2.24) is 5.32 Å². The number of hydrogen-bond donors (Lipinski definition) is 1. The Morgan fingerprint density at radius 1 is 0.700 bits per heavy atom. The summed E-state index contributed by atoms with van der Waals surface area (Å²) in [6.45, 7) is 15.1. The van der Waals surface area contributed by atoms with Crippen molar-refractivity contribution >= 4 is 23.5 Å². The highest BCUT2D eigenvalue weighted by atomic mass is 32.2. The first-order chi connectivity index (χ1) is 14.7. The predicted octanol–water partition coefficient (Wildman–Crippen LogP) is 2.83. The van der Waals surface area contributed by atoms with Gasteiger partial charge in [-0.25, -0.2) is 0 Å². The minimum absolute atomic E-state index is 0. The van der Waals surface area contributed by atoms with Gasteiger partial charge in [-0.1, -0.05) is 27.7 Å². The molecular formula is C21H47NO7S. The van der Waals surface area contributed by atoms with Crippen LogP contribution in [0.3, 0.4) is 0 Å². The number of Topliss-reactive ketones (excluding diaryl/α,β-unsaturated/α-hetero) is 1. The average Bonchev–Trinajstić information content (AvgIpc) is 2.75. The van der Waals surface area contributed by atoms with Crippen molar-refractivity contribution in [2.45, 2.75) is 41.0 Å². The fourth-order valence-corrected chi connectivity index (χ4v) is 1.96. The zero-order chi connectivity index (χ0) is 23.3. The molecule has 9 heteroatoms. The Morgan fingerprint density at radius 3 is 1.43 bits per heavy atom. The van der Waals surface area contributed by atoms with Crippen molar-refractivity contribution in [3.8, 4) is 0 Å². The summed E-state index contributed by atoms with van der Waals surface area (Å²) in [5.74, 6) is 0.578. The third-order valence-electron chi connectivity index (χ3n) is 2.90. The molecule has 0 aromatic carbocycles. The highest BCUT2D eigenvalue weighted by molar-refractivity contribution is 7.98. The maximum atomic E-state index is 11.2. The zero-order valence-electron chi connectivity index (χ0n) is 20.0. The van der Waals surface area contributed by atoms with Gasteiger partial charge in [0.25, 0.3) is 0 Å². The van der Waals surface area contributed by atoms with Crippen LogP contribution in [0.15, 0.2) is 0 Å². The first-order valence-electron chi connectivity index (χ1n) is 10.8. The molecule has 1 amide bonds. The van der Waals surface area contributed by atoms with Crippen molar-refractivity contribution in [1.29, 1.82) is 0 Å². The van der Waals surface area contributed by atoms with E-state index in [1.54, 1.807) is 11.8 Å². The van der Waals surface area contributed by atoms with Gasteiger partial charge in [0.1, 0.15) is 5.78 Å². The van der Waals surface area contributed by atoms with Crippen LogP contribution in [-0.4, -0.2) is 96.3 Å². The summed E-state index contributed by atoms with van der Waals surface area (Å²) in [6, 6.07) is 0. The molecule has 0 bridgehead atoms. The molecular weight excluding hydrogens is 410 g/mol. The minimum atomic E-state index is -0.276. The second-order valence-electron chi connectivity index (χ2n) is 5.28. The molecule has 0 rings (SSSR count). The third kappa shape index (κ3) is 34.8. The van der Waals surface area contributed by atoms with E-state index in [0.29, 0.717) is 66.0 Å². The Labute approximate surface area is 189 Å². The van der Waals surface area contributed by atoms with Crippen LogP contribution in [0.2, 0.25) is 0 Å². The fourth-order valence-electron chi connectivity index (χ4n) is 1.68. The van der Waals surface area contributed by atoms with Crippen LogP contribution in [0, 0.1) is 0 Å². The van der Waals surface area contributed by atoms with E-state index in [1.165, 1.54) is 6.92 Å². The Balaban J connectivity index is -0.000000684. The van der Waals surface area contributed by atoms with E-state index < -0.39 is 0 Å². The molecule has 0 aliphatic carbocycles. The monoisotopic (exact) mass is 457 g/mol. The van der Waals surface area contributed by atoms with Crippen LogP contribution in [-0.2, 0) is 33.3 Å². The summed E-state index contributed by atoms with van der Waals surface area (Å²) >= 11 is 1.76. The second kappa shape index (κ2) is 32.9. The Hall–Kier alpha value is -0.710. The van der Waals surface area contributed by atoms with Gasteiger partial charge in [-0.2, -0.15) is 11.8 Å². The van der Waals surface area contributed by atoms with Gasteiger partial charge in [-0.3, -0.25) is 9.59 Å². The van der Waals surface area contributed by atoms with Crippen LogP contribution in [0.5, 0.6) is 0 Å². The number of hydrogen-bond acceptors (Lipinski definition) is 8. The van der Waals surface area contributed by atoms with Gasteiger partial charge in [0, 0.05) is 13.7 Å². The molecule has 0 aliphatic heterocycles. The molecule has 8 nitrogen and oxygen atoms in total. The summed E-state index contributed by atoms with van der Waals surface area (Å²) in [6.07, 6.45) is 1.97. The summed E-state index contributed by atoms with van der Waals surface area (Å²) in [5, 5.41) is 2.60. The molecule has 0 unspecified atom stereocenters. The number of carbonyl (C=O) groups is 2. The van der Waals surface area contributed by atoms with Crippen molar-refractivity contribution in [3.63, 3.8) is 0 Å². The van der Waals surface area contributed by atoms with Gasteiger partial charge in [0.2, 0.25) is 5.91 Å². The van der Waals surface area contributed by atoms with E-state index in [2.05, 4.69) is 11.6 Å². The van der Waals surface area contributed by atoms with Crippen LogP contribution in [0.4, 0.5) is 0 Å². The molecule has 0 radical (unpaired) electrons. The third-order valence-corrected chi connectivity index (χ3v) is 3.47. The lowest BCUT2D eigenvalue weighted by atomic mass is 10.3. The molecule has 0 spiro atoms. The van der Waals surface area contributed by atoms with Gasteiger partial charge < -0.3 is 29.0 Å². The molecule has 0 aliphatic rings. The number of thioether (sulfide) groups is 1. The van der Waals surface area contributed by atoms with Crippen molar-refractivity contribution in [2.75, 3.05) is 84.6 Å². The number of ketones is 1. The molecule has 0 fully saturated rings. The van der Waals surface area contributed by atoms with Crippen LogP contribution < -0.4 is 5.32 Å². The smallest absolute Gasteiger partial charge is 0.227 e. The molecule has 30 heavy (non-hydrogen) atoms. The fraction of sp³-hybridized carbons (Fsp3) is 0.905. The largest absolute Gasteiger partial charge is 0.378 e. The van der Waals surface area contributed by atoms with Crippen molar-refractivity contribution < 1.29 is 34.7 Å². The Morgan fingerprint density at radius 2 is 1.07 bits per heavy atom. The Kier molecular flexibility index (Phi) is 37.2. The molecule has 0 atom stereocenters. The van der Waals surface area contributed by atoms with Crippen LogP contribution >= 0.6 is 11.8 Å². The minimum Gasteiger partial charge on any atom is -0.378 e. The first kappa shape index (κ1) is 33.9. The van der Waals surface area contributed by atoms with Gasteiger partial charge in [-0.05, 0) is 13.2 Å². The lowest BCUT2D eigenvalue weighted by molar-refractivity contribution is -0.127. The predicted molar refractivity (Wildman–Crippen MR) is 126 cm³/mol. The lowest BCUT2D eigenvalue weighted by Crippen LogP contribution is -2.28. The van der Waals surface area contributed by atoms with E-state index in [-0.39, 0.29) is 19.5 Å². The van der Waals surface area contributed by atoms with E-state index in [0.717, 1.165) is 12.4 Å². The summed E-state index contributed by atoms with van der Waals surface area (Å²) in [5.41, 5.74) is 0. The zero-order valence-corrected chi connectivity index (χ0v) is 20.8. The molecule has 0 saturated carbocycles. The first-order valence-corrected chi connectivity index (χ1v) is 12.2. The SMILES string of the molecule is CC.CC.CSCCOCCOCCOCCOCCOCCNC(=O)CC(C)=O.[HH]. The highest BCUT2D eigenvalue weighted by Crippen LogP contribution is 1.90. The molecule has 0 saturated heterocycles. The molecule has 0 heterocycles. The lowest BCUT2D eigenvalue weighted by Gasteiger charge is -2.08. The van der Waals surface area contributed by atoms with Crippen LogP contribution in [0.1, 0.15) is 42.5 Å². The van der Waals surface area contributed by atoms with E-state index >= 15 is 0 Å². The summed E-state index contributed by atoms with van der Waals surface area (Å²) in [4.78, 5) is 21.9. The highest BCUT2D eigenvalue weighted by Gasteiger charge is 2.03. The van der Waals surface area contributed by atoms with E-state index in [4.69, 9.17) is 23.7 Å². The number of carbonyl (C=O) groups excluding carboxylic acids is 2. The van der Waals surface area contributed by atoms with Crippen molar-refractivity contribution in [2.24, 2.45) is 0 Å². The number of nitrogens with one attached hydrogen (secondary N) is 1. The van der Waals surface area contributed by atoms with Gasteiger partial charge in [-0.15, -0.1) is 0 Å². The topological polar surface area (TPSA) is 92.3 Å². The molecule has 0 aromatic heterocycles. The van der Waals surface area contributed by atoms with Crippen molar-refractivity contribution in [3.05, 3.63) is 0 Å². The number of rotatable bonds is 20. The summed E-state index contributed by atoms with van der Waals surface area (Å²) < 4.78 is 26.7. The summed E-state index contributed by atoms with van der Waals surface area (Å²) in [7, 11) is 0. The molecule has 0 aromatic rings. The molecule has 184 valence electrons. The standard InChI is InChI=1S/C17H33NO7S.2C2H6.H2/c1-16(19)15-17(20)18-3-4-21-5-6-22-7-8-23-9-10-24-11-12-25-13-14-26-2;2*1-2;/h3-15H2,1-2H3,(H,18,20);2*1-2H3;1H. The quantitative estimate of drug-likeness (QED) is 0.220. The van der Waals surface area contributed by atoms with Gasteiger partial charge in [0.05, 0.1) is 72.5 Å². The van der Waals surface area contributed by atoms with E-state index in [1.807, 2.05) is 27.7 Å². The average molecular weight is 458 g/mol.